The van der Waals surface area contributed by atoms with E-state index in [0.717, 1.165) is 80.9 Å². The van der Waals surface area contributed by atoms with E-state index >= 15 is 0 Å². The number of imidazole rings is 1. The van der Waals surface area contributed by atoms with Crippen LogP contribution in [0.3, 0.4) is 0 Å². The number of rotatable bonds is 16. The molecule has 11 heteroatoms. The van der Waals surface area contributed by atoms with Crippen molar-refractivity contribution in [3.8, 4) is 16.9 Å². The number of carboxylic acid groups (broad SMARTS) is 1. The number of nitrogens with one attached hydrogen (secondary N) is 1. The Hall–Kier alpha value is -5.19. The minimum absolute atomic E-state index is 0.102. The molecule has 0 spiro atoms. The quantitative estimate of drug-likeness (QED) is 0.0943. The molecular weight excluding hydrogens is 729 g/mol. The van der Waals surface area contributed by atoms with Gasteiger partial charge in [0.1, 0.15) is 22.9 Å². The number of nitrogens with zero attached hydrogens (tertiary/aromatic N) is 4. The number of allylic oxidation sites excluding steroid dienone is 2. The zero-order chi connectivity index (χ0) is 40.1. The van der Waals surface area contributed by atoms with Crippen LogP contribution in [-0.2, 0) is 18.3 Å². The van der Waals surface area contributed by atoms with Crippen molar-refractivity contribution >= 4 is 50.6 Å². The number of carbonyl (C=O) groups is 1. The number of aryl methyl sites for hydroxylation is 3. The van der Waals surface area contributed by atoms with Crippen molar-refractivity contribution in [3.63, 3.8) is 0 Å². The lowest BCUT2D eigenvalue weighted by Crippen LogP contribution is -2.12. The number of fused-ring (bicyclic) bond motifs is 2. The fourth-order valence-corrected chi connectivity index (χ4v) is 7.63. The van der Waals surface area contributed by atoms with Crippen molar-refractivity contribution in [1.29, 1.82) is 0 Å². The molecule has 0 saturated heterocycles. The zero-order valence-corrected chi connectivity index (χ0v) is 34.1. The third kappa shape index (κ3) is 9.09. The summed E-state index contributed by atoms with van der Waals surface area (Å²) in [6, 6.07) is 19.8. The first-order chi connectivity index (χ1) is 26.7. The summed E-state index contributed by atoms with van der Waals surface area (Å²) in [5, 5.41) is 20.4. The van der Waals surface area contributed by atoms with Gasteiger partial charge >= 0.3 is 5.97 Å². The minimum atomic E-state index is -0.990. The summed E-state index contributed by atoms with van der Waals surface area (Å²) in [6.45, 7) is 15.2. The van der Waals surface area contributed by atoms with Crippen LogP contribution in [0.25, 0.3) is 38.5 Å². The lowest BCUT2D eigenvalue weighted by Gasteiger charge is -2.23. The van der Waals surface area contributed by atoms with E-state index in [1.807, 2.05) is 60.5 Å². The van der Waals surface area contributed by atoms with Gasteiger partial charge in [-0.1, -0.05) is 62.7 Å². The lowest BCUT2D eigenvalue weighted by atomic mass is 9.86. The lowest BCUT2D eigenvalue weighted by molar-refractivity contribution is 0.0698. The maximum atomic E-state index is 13.9. The molecule has 0 fully saturated rings. The van der Waals surface area contributed by atoms with Gasteiger partial charge in [0.25, 0.3) is 0 Å². The van der Waals surface area contributed by atoms with Crippen LogP contribution < -0.4 is 10.1 Å². The number of hydrogen-bond acceptors (Lipinski definition) is 6. The van der Waals surface area contributed by atoms with Crippen molar-refractivity contribution in [3.05, 3.63) is 112 Å². The highest BCUT2D eigenvalue weighted by atomic mass is 35.5. The second-order valence-electron chi connectivity index (χ2n) is 15.3. The van der Waals surface area contributed by atoms with E-state index < -0.39 is 5.97 Å². The third-order valence-electron chi connectivity index (χ3n) is 9.94. The number of aromatic carboxylic acids is 1. The van der Waals surface area contributed by atoms with Crippen molar-refractivity contribution in [2.24, 2.45) is 12.5 Å². The second-order valence-corrected chi connectivity index (χ2v) is 15.7. The van der Waals surface area contributed by atoms with Gasteiger partial charge in [-0.3, -0.25) is 4.68 Å². The van der Waals surface area contributed by atoms with Gasteiger partial charge in [-0.05, 0) is 98.9 Å². The third-order valence-corrected chi connectivity index (χ3v) is 10.3. The van der Waals surface area contributed by atoms with Crippen LogP contribution in [0, 0.1) is 32.0 Å². The van der Waals surface area contributed by atoms with E-state index in [4.69, 9.17) is 26.2 Å². The summed E-state index contributed by atoms with van der Waals surface area (Å²) in [5.41, 5.74) is 8.45. The number of aromatic nitrogens is 4. The Balaban J connectivity index is 1.19. The summed E-state index contributed by atoms with van der Waals surface area (Å²) < 4.78 is 30.2. The molecule has 4 aromatic carbocycles. The van der Waals surface area contributed by atoms with Crippen LogP contribution in [0.4, 0.5) is 10.1 Å². The largest absolute Gasteiger partial charge is 0.493 e. The van der Waals surface area contributed by atoms with Crippen molar-refractivity contribution in [2.75, 3.05) is 31.7 Å². The van der Waals surface area contributed by atoms with Crippen LogP contribution in [0.15, 0.2) is 72.8 Å². The highest BCUT2D eigenvalue weighted by molar-refractivity contribution is 6.34. The Labute approximate surface area is 333 Å². The van der Waals surface area contributed by atoms with E-state index in [-0.39, 0.29) is 16.8 Å². The molecule has 0 aliphatic heterocycles. The van der Waals surface area contributed by atoms with Gasteiger partial charge in [0.2, 0.25) is 0 Å². The summed E-state index contributed by atoms with van der Waals surface area (Å²) in [5.74, 6) is 0.231. The van der Waals surface area contributed by atoms with E-state index in [1.54, 1.807) is 18.2 Å². The molecule has 0 aliphatic rings. The number of anilines is 1. The molecule has 0 atom stereocenters. The Morgan fingerprint density at radius 3 is 2.48 bits per heavy atom. The predicted molar refractivity (Wildman–Crippen MR) is 225 cm³/mol. The minimum Gasteiger partial charge on any atom is -0.493 e. The molecule has 56 heavy (non-hydrogen) atoms. The maximum absolute atomic E-state index is 13.9. The van der Waals surface area contributed by atoms with Gasteiger partial charge in [-0.15, -0.1) is 0 Å². The Morgan fingerprint density at radius 2 is 1.75 bits per heavy atom. The number of para-hydroxylation sites is 1. The fraction of sp³-hybridized carbons (Fsp3) is 0.356. The van der Waals surface area contributed by atoms with Crippen molar-refractivity contribution in [1.82, 2.24) is 19.3 Å². The molecule has 0 aliphatic carbocycles. The molecule has 0 amide bonds. The van der Waals surface area contributed by atoms with E-state index in [2.05, 4.69) is 50.1 Å². The van der Waals surface area contributed by atoms with E-state index in [1.165, 1.54) is 17.7 Å². The molecule has 0 unspecified atom stereocenters. The number of ether oxygens (including phenoxy) is 2. The van der Waals surface area contributed by atoms with E-state index in [9.17, 15) is 14.3 Å². The number of hydrogen-bond donors (Lipinski definition) is 2. The standard InChI is InChI=1S/C45H51ClFN5O4/c1-28-40(29(2)51(7)50-28)41-37(46)20-19-35(32(27-45(4,5)6)13-10-24-56-39-16-8-12-31-26-33(47)17-18-34(31)39)43(41)48-21-11-23-55-25-22-52-30(3)49-42-36(44(53)54)14-9-15-38(42)52/h8-9,12,14-20,26-27,48H,10-11,13,21-25H2,1-7H3,(H,53,54)/b32-27+. The fourth-order valence-electron chi connectivity index (χ4n) is 7.37. The van der Waals surface area contributed by atoms with E-state index in [0.29, 0.717) is 43.4 Å². The Kier molecular flexibility index (Phi) is 12.5. The van der Waals surface area contributed by atoms with Crippen LogP contribution in [-0.4, -0.2) is 56.8 Å². The number of carboxylic acids is 1. The molecule has 0 bridgehead atoms. The smallest absolute Gasteiger partial charge is 0.337 e. The highest BCUT2D eigenvalue weighted by Crippen LogP contribution is 2.44. The Morgan fingerprint density at radius 1 is 0.964 bits per heavy atom. The first-order valence-corrected chi connectivity index (χ1v) is 19.5. The maximum Gasteiger partial charge on any atom is 0.337 e. The molecule has 6 aromatic rings. The van der Waals surface area contributed by atoms with Crippen LogP contribution >= 0.6 is 11.6 Å². The van der Waals surface area contributed by atoms with Gasteiger partial charge < -0.3 is 24.5 Å². The van der Waals surface area contributed by atoms with Crippen LogP contribution in [0.2, 0.25) is 5.02 Å². The summed E-state index contributed by atoms with van der Waals surface area (Å²) in [4.78, 5) is 16.2. The number of benzene rings is 4. The molecule has 2 heterocycles. The first-order valence-electron chi connectivity index (χ1n) is 19.1. The SMILES string of the molecule is Cc1nn(C)c(C)c1-c1c(Cl)ccc(/C(=C/C(C)(C)C)CCCOc2cccc3cc(F)ccc23)c1NCCCOCCn1c(C)nc2c(C(=O)O)cccc21. The second kappa shape index (κ2) is 17.3. The normalized spacial score (nSPS) is 12.2. The van der Waals surface area contributed by atoms with Gasteiger partial charge in [-0.2, -0.15) is 5.10 Å². The molecule has 0 saturated carbocycles. The molecule has 6 rings (SSSR count). The van der Waals surface area contributed by atoms with Crippen molar-refractivity contribution < 1.29 is 23.8 Å². The van der Waals surface area contributed by atoms with Crippen LogP contribution in [0.5, 0.6) is 5.75 Å². The topological polar surface area (TPSA) is 103 Å². The predicted octanol–water partition coefficient (Wildman–Crippen LogP) is 10.8. The molecule has 9 nitrogen and oxygen atoms in total. The van der Waals surface area contributed by atoms with Gasteiger partial charge in [0.15, 0.2) is 0 Å². The van der Waals surface area contributed by atoms with Crippen LogP contribution in [0.1, 0.15) is 73.2 Å². The summed E-state index contributed by atoms with van der Waals surface area (Å²) in [6.07, 6.45) is 4.60. The molecule has 294 valence electrons. The molecule has 0 radical (unpaired) electrons. The summed E-state index contributed by atoms with van der Waals surface area (Å²) >= 11 is 7.09. The number of halogens is 2. The van der Waals surface area contributed by atoms with Gasteiger partial charge in [-0.25, -0.2) is 14.2 Å². The van der Waals surface area contributed by atoms with Gasteiger partial charge in [0.05, 0.1) is 40.7 Å². The highest BCUT2D eigenvalue weighted by Gasteiger charge is 2.23. The monoisotopic (exact) mass is 779 g/mol. The first kappa shape index (κ1) is 40.5. The van der Waals surface area contributed by atoms with Crippen molar-refractivity contribution in [2.45, 2.75) is 67.3 Å². The summed E-state index contributed by atoms with van der Waals surface area (Å²) in [7, 11) is 1.95. The zero-order valence-electron chi connectivity index (χ0n) is 33.3. The molecular formula is C45H51ClFN5O4. The Bertz CT molecular complexity index is 2410. The van der Waals surface area contributed by atoms with Gasteiger partial charge in [0, 0.05) is 54.5 Å². The average molecular weight is 780 g/mol. The molecule has 2 aromatic heterocycles. The average Bonchev–Trinajstić information content (AvgIpc) is 3.60. The molecule has 2 N–H and O–H groups in total.